The average Bonchev–Trinajstić information content (AvgIpc) is 3.16. The molecule has 1 aromatic heterocycles. The molecule has 100 valence electrons. The number of hydrogen-bond acceptors (Lipinski definition) is 1. The number of rotatable bonds is 5. The van der Waals surface area contributed by atoms with Crippen LogP contribution in [-0.2, 0) is 13.6 Å². The summed E-state index contributed by atoms with van der Waals surface area (Å²) in [7, 11) is 2.09. The molecule has 1 aliphatic carbocycles. The minimum atomic E-state index is 0.451. The molecule has 1 fully saturated rings. The molecule has 0 amide bonds. The Bertz CT molecular complexity index is 540. The van der Waals surface area contributed by atoms with Crippen molar-refractivity contribution in [2.75, 3.05) is 0 Å². The first-order chi connectivity index (χ1) is 9.24. The molecule has 1 heterocycles. The molecule has 1 aliphatic rings. The van der Waals surface area contributed by atoms with E-state index in [1.165, 1.54) is 24.1 Å². The number of benzene rings is 1. The zero-order valence-corrected chi connectivity index (χ0v) is 11.9. The van der Waals surface area contributed by atoms with Crippen LogP contribution >= 0.6 is 11.6 Å². The lowest BCUT2D eigenvalue weighted by atomic mass is 10.0. The molecule has 1 atom stereocenters. The fraction of sp³-hybridized carbons (Fsp3) is 0.375. The van der Waals surface area contributed by atoms with Crippen LogP contribution in [-0.4, -0.2) is 4.57 Å². The highest BCUT2D eigenvalue weighted by atomic mass is 35.5. The van der Waals surface area contributed by atoms with Gasteiger partial charge in [-0.2, -0.15) is 0 Å². The first-order valence-corrected chi connectivity index (χ1v) is 7.21. The molecule has 0 saturated heterocycles. The number of aryl methyl sites for hydroxylation is 1. The first-order valence-electron chi connectivity index (χ1n) is 6.83. The van der Waals surface area contributed by atoms with Crippen molar-refractivity contribution in [1.29, 1.82) is 0 Å². The van der Waals surface area contributed by atoms with E-state index in [0.29, 0.717) is 6.04 Å². The minimum absolute atomic E-state index is 0.451. The third kappa shape index (κ3) is 3.02. The summed E-state index contributed by atoms with van der Waals surface area (Å²) in [5.41, 5.74) is 2.67. The fourth-order valence-corrected chi connectivity index (χ4v) is 2.68. The van der Waals surface area contributed by atoms with Crippen molar-refractivity contribution in [2.24, 2.45) is 13.0 Å². The van der Waals surface area contributed by atoms with Gasteiger partial charge in [0.25, 0.3) is 0 Å². The van der Waals surface area contributed by atoms with Crippen LogP contribution in [0.4, 0.5) is 0 Å². The largest absolute Gasteiger partial charge is 0.353 e. The fourth-order valence-electron chi connectivity index (χ4n) is 2.55. The molecule has 0 aliphatic heterocycles. The van der Waals surface area contributed by atoms with Gasteiger partial charge in [-0.15, -0.1) is 0 Å². The zero-order chi connectivity index (χ0) is 13.2. The topological polar surface area (TPSA) is 17.0 Å². The van der Waals surface area contributed by atoms with Gasteiger partial charge in [-0.1, -0.05) is 23.7 Å². The number of halogens is 1. The van der Waals surface area contributed by atoms with Crippen LogP contribution in [0.5, 0.6) is 0 Å². The second-order valence-electron chi connectivity index (χ2n) is 5.36. The lowest BCUT2D eigenvalue weighted by Crippen LogP contribution is -2.23. The molecule has 0 bridgehead atoms. The standard InChI is InChI=1S/C16H19ClN2/c1-19-10-2-3-15(19)11-18-16(12-4-5-12)13-6-8-14(17)9-7-13/h2-3,6-10,12,16,18H,4-5,11H2,1H3. The molecule has 1 unspecified atom stereocenters. The lowest BCUT2D eigenvalue weighted by molar-refractivity contribution is 0.472. The molecule has 3 heteroatoms. The Morgan fingerprint density at radius 3 is 2.58 bits per heavy atom. The summed E-state index contributed by atoms with van der Waals surface area (Å²) in [6, 6.07) is 13.0. The summed E-state index contributed by atoms with van der Waals surface area (Å²) < 4.78 is 2.17. The first kappa shape index (κ1) is 12.8. The van der Waals surface area contributed by atoms with Crippen molar-refractivity contribution < 1.29 is 0 Å². The van der Waals surface area contributed by atoms with Crippen LogP contribution in [0.2, 0.25) is 5.02 Å². The van der Waals surface area contributed by atoms with Gasteiger partial charge in [0.15, 0.2) is 0 Å². The molecule has 2 aromatic rings. The monoisotopic (exact) mass is 274 g/mol. The summed E-state index contributed by atoms with van der Waals surface area (Å²) in [6.45, 7) is 0.910. The Labute approximate surface area is 119 Å². The van der Waals surface area contributed by atoms with Crippen LogP contribution in [0, 0.1) is 5.92 Å². The highest BCUT2D eigenvalue weighted by Gasteiger charge is 2.31. The molecule has 19 heavy (non-hydrogen) atoms. The van der Waals surface area contributed by atoms with E-state index >= 15 is 0 Å². The van der Waals surface area contributed by atoms with E-state index in [-0.39, 0.29) is 0 Å². The Hall–Kier alpha value is -1.25. The van der Waals surface area contributed by atoms with Gasteiger partial charge < -0.3 is 9.88 Å². The van der Waals surface area contributed by atoms with Crippen molar-refractivity contribution in [3.05, 3.63) is 58.9 Å². The minimum Gasteiger partial charge on any atom is -0.353 e. The number of nitrogens with one attached hydrogen (secondary N) is 1. The van der Waals surface area contributed by atoms with Gasteiger partial charge in [0, 0.05) is 36.5 Å². The van der Waals surface area contributed by atoms with Crippen LogP contribution in [0.15, 0.2) is 42.6 Å². The molecule has 2 nitrogen and oxygen atoms in total. The van der Waals surface area contributed by atoms with E-state index in [9.17, 15) is 0 Å². The van der Waals surface area contributed by atoms with Gasteiger partial charge in [0.2, 0.25) is 0 Å². The summed E-state index contributed by atoms with van der Waals surface area (Å²) >= 11 is 5.97. The molecular formula is C16H19ClN2. The van der Waals surface area contributed by atoms with Crippen LogP contribution < -0.4 is 5.32 Å². The second-order valence-corrected chi connectivity index (χ2v) is 5.79. The predicted octanol–water partition coefficient (Wildman–Crippen LogP) is 3.92. The Morgan fingerprint density at radius 1 is 1.26 bits per heavy atom. The molecule has 0 spiro atoms. The summed E-state index contributed by atoms with van der Waals surface area (Å²) in [6.07, 6.45) is 4.74. The van der Waals surface area contributed by atoms with Gasteiger partial charge in [0.1, 0.15) is 0 Å². The third-order valence-electron chi connectivity index (χ3n) is 3.88. The second kappa shape index (κ2) is 5.40. The summed E-state index contributed by atoms with van der Waals surface area (Å²) in [5.74, 6) is 0.779. The van der Waals surface area contributed by atoms with Crippen molar-refractivity contribution in [1.82, 2.24) is 9.88 Å². The maximum absolute atomic E-state index is 5.97. The van der Waals surface area contributed by atoms with Crippen LogP contribution in [0.25, 0.3) is 0 Å². The third-order valence-corrected chi connectivity index (χ3v) is 4.13. The molecule has 1 N–H and O–H groups in total. The number of hydrogen-bond donors (Lipinski definition) is 1. The normalized spacial score (nSPS) is 16.5. The van der Waals surface area contributed by atoms with Crippen LogP contribution in [0.1, 0.15) is 30.1 Å². The smallest absolute Gasteiger partial charge is 0.0406 e. The average molecular weight is 275 g/mol. The molecular weight excluding hydrogens is 256 g/mol. The van der Waals surface area contributed by atoms with Gasteiger partial charge in [0.05, 0.1) is 0 Å². The highest BCUT2D eigenvalue weighted by molar-refractivity contribution is 6.30. The number of nitrogens with zero attached hydrogens (tertiary/aromatic N) is 1. The van der Waals surface area contributed by atoms with E-state index < -0.39 is 0 Å². The molecule has 1 saturated carbocycles. The SMILES string of the molecule is Cn1cccc1CNC(c1ccc(Cl)cc1)C1CC1. The van der Waals surface area contributed by atoms with E-state index in [1.54, 1.807) is 0 Å². The quantitative estimate of drug-likeness (QED) is 0.874. The predicted molar refractivity (Wildman–Crippen MR) is 79.2 cm³/mol. The molecule has 0 radical (unpaired) electrons. The molecule has 1 aromatic carbocycles. The summed E-state index contributed by atoms with van der Waals surface area (Å²) in [4.78, 5) is 0. The summed E-state index contributed by atoms with van der Waals surface area (Å²) in [5, 5.41) is 4.50. The molecule has 3 rings (SSSR count). The Kier molecular flexibility index (Phi) is 3.63. The van der Waals surface area contributed by atoms with Gasteiger partial charge in [-0.05, 0) is 48.6 Å². The van der Waals surface area contributed by atoms with Gasteiger partial charge >= 0.3 is 0 Å². The van der Waals surface area contributed by atoms with Crippen LogP contribution in [0.3, 0.4) is 0 Å². The van der Waals surface area contributed by atoms with E-state index in [1.807, 2.05) is 12.1 Å². The van der Waals surface area contributed by atoms with Crippen molar-refractivity contribution in [3.8, 4) is 0 Å². The van der Waals surface area contributed by atoms with Gasteiger partial charge in [-0.25, -0.2) is 0 Å². The Morgan fingerprint density at radius 2 is 2.00 bits per heavy atom. The maximum atomic E-state index is 5.97. The number of aromatic nitrogens is 1. The lowest BCUT2D eigenvalue weighted by Gasteiger charge is -2.19. The van der Waals surface area contributed by atoms with E-state index in [4.69, 9.17) is 11.6 Å². The van der Waals surface area contributed by atoms with E-state index in [0.717, 1.165) is 17.5 Å². The maximum Gasteiger partial charge on any atom is 0.0406 e. The zero-order valence-electron chi connectivity index (χ0n) is 11.1. The van der Waals surface area contributed by atoms with E-state index in [2.05, 4.69) is 47.4 Å². The van der Waals surface area contributed by atoms with Crippen molar-refractivity contribution in [3.63, 3.8) is 0 Å². The van der Waals surface area contributed by atoms with Crippen molar-refractivity contribution >= 4 is 11.6 Å². The van der Waals surface area contributed by atoms with Gasteiger partial charge in [-0.3, -0.25) is 0 Å². The van der Waals surface area contributed by atoms with Crippen molar-refractivity contribution in [2.45, 2.75) is 25.4 Å². The Balaban J connectivity index is 1.71. The highest BCUT2D eigenvalue weighted by Crippen LogP contribution is 2.41.